The molecule has 2 aliphatic heterocycles. The average molecular weight is 436 g/mol. The van der Waals surface area contributed by atoms with E-state index >= 15 is 0 Å². The van der Waals surface area contributed by atoms with Crippen LogP contribution in [0.3, 0.4) is 0 Å². The Kier molecular flexibility index (Phi) is 5.66. The molecule has 0 atom stereocenters. The van der Waals surface area contributed by atoms with Crippen molar-refractivity contribution in [2.45, 2.75) is 12.8 Å². The molecule has 10 heteroatoms. The van der Waals surface area contributed by atoms with E-state index in [1.54, 1.807) is 23.1 Å². The van der Waals surface area contributed by atoms with Gasteiger partial charge in [-0.25, -0.2) is 24.0 Å². The predicted octanol–water partition coefficient (Wildman–Crippen LogP) is 1.76. The number of halogens is 1. The highest BCUT2D eigenvalue weighted by Crippen LogP contribution is 2.26. The van der Waals surface area contributed by atoms with Gasteiger partial charge in [-0.3, -0.25) is 4.79 Å². The SMILES string of the molecule is O=C(C1CCN(c2cc(-n3cncn3)ncn2)CC1)N1CCN(c2ccccc2F)CC1. The number of nitrogens with zero attached hydrogens (tertiary/aromatic N) is 8. The Labute approximate surface area is 185 Å². The van der Waals surface area contributed by atoms with Gasteiger partial charge in [0.1, 0.15) is 30.6 Å². The van der Waals surface area contributed by atoms with Crippen LogP contribution in [0.5, 0.6) is 0 Å². The van der Waals surface area contributed by atoms with Crippen molar-refractivity contribution in [1.82, 2.24) is 29.6 Å². The van der Waals surface area contributed by atoms with Crippen LogP contribution in [0.1, 0.15) is 12.8 Å². The zero-order valence-corrected chi connectivity index (χ0v) is 17.7. The van der Waals surface area contributed by atoms with Gasteiger partial charge in [0.25, 0.3) is 0 Å². The Bertz CT molecular complexity index is 1060. The summed E-state index contributed by atoms with van der Waals surface area (Å²) in [6.07, 6.45) is 6.17. The molecule has 0 aliphatic carbocycles. The standard InChI is InChI=1S/C22H25FN8O/c23-18-3-1-2-4-19(18)28-9-11-30(12-10-28)22(32)17-5-7-29(8-6-17)20-13-21(26-15-25-20)31-16-24-14-27-31/h1-4,13-17H,5-12H2. The normalized spacial score (nSPS) is 17.6. The number of hydrogen-bond acceptors (Lipinski definition) is 7. The van der Waals surface area contributed by atoms with Gasteiger partial charge in [0, 0.05) is 51.3 Å². The molecule has 166 valence electrons. The first-order valence-corrected chi connectivity index (χ1v) is 10.9. The topological polar surface area (TPSA) is 83.3 Å². The van der Waals surface area contributed by atoms with Gasteiger partial charge >= 0.3 is 0 Å². The van der Waals surface area contributed by atoms with Crippen LogP contribution in [0.15, 0.2) is 49.3 Å². The highest BCUT2D eigenvalue weighted by atomic mass is 19.1. The van der Waals surface area contributed by atoms with Gasteiger partial charge in [-0.2, -0.15) is 5.10 Å². The molecule has 0 radical (unpaired) electrons. The van der Waals surface area contributed by atoms with Gasteiger partial charge in [-0.1, -0.05) is 12.1 Å². The molecular formula is C22H25FN8O. The number of rotatable bonds is 4. The van der Waals surface area contributed by atoms with Gasteiger partial charge in [-0.05, 0) is 25.0 Å². The molecule has 4 heterocycles. The van der Waals surface area contributed by atoms with Crippen LogP contribution in [0.2, 0.25) is 0 Å². The third-order valence-electron chi connectivity index (χ3n) is 6.24. The van der Waals surface area contributed by atoms with Crippen molar-refractivity contribution in [2.24, 2.45) is 5.92 Å². The summed E-state index contributed by atoms with van der Waals surface area (Å²) in [7, 11) is 0. The van der Waals surface area contributed by atoms with E-state index in [0.29, 0.717) is 37.7 Å². The van der Waals surface area contributed by atoms with Gasteiger partial charge in [0.2, 0.25) is 5.91 Å². The van der Waals surface area contributed by atoms with Gasteiger partial charge < -0.3 is 14.7 Å². The number of aromatic nitrogens is 5. The van der Waals surface area contributed by atoms with Crippen molar-refractivity contribution in [3.8, 4) is 5.82 Å². The summed E-state index contributed by atoms with van der Waals surface area (Å²) in [5, 5.41) is 4.11. The first-order chi connectivity index (χ1) is 15.7. The minimum Gasteiger partial charge on any atom is -0.366 e. The predicted molar refractivity (Wildman–Crippen MR) is 117 cm³/mol. The van der Waals surface area contributed by atoms with Crippen molar-refractivity contribution in [3.05, 3.63) is 55.1 Å². The molecule has 1 aromatic carbocycles. The molecule has 32 heavy (non-hydrogen) atoms. The average Bonchev–Trinajstić information content (AvgIpc) is 3.40. The quantitative estimate of drug-likeness (QED) is 0.616. The molecule has 5 rings (SSSR count). The van der Waals surface area contributed by atoms with E-state index in [0.717, 1.165) is 31.7 Å². The molecule has 2 aromatic heterocycles. The molecule has 0 bridgehead atoms. The van der Waals surface area contributed by atoms with Gasteiger partial charge in [0.05, 0.1) is 5.69 Å². The van der Waals surface area contributed by atoms with Crippen LogP contribution < -0.4 is 9.80 Å². The molecule has 0 saturated carbocycles. The summed E-state index contributed by atoms with van der Waals surface area (Å²) >= 11 is 0. The van der Waals surface area contributed by atoms with Crippen LogP contribution in [0, 0.1) is 11.7 Å². The number of piperidine rings is 1. The van der Waals surface area contributed by atoms with Gasteiger partial charge in [0.15, 0.2) is 5.82 Å². The zero-order chi connectivity index (χ0) is 21.9. The molecule has 9 nitrogen and oxygen atoms in total. The molecular weight excluding hydrogens is 411 g/mol. The largest absolute Gasteiger partial charge is 0.366 e. The highest BCUT2D eigenvalue weighted by molar-refractivity contribution is 5.79. The first kappa shape index (κ1) is 20.3. The molecule has 0 spiro atoms. The summed E-state index contributed by atoms with van der Waals surface area (Å²) in [6.45, 7) is 4.08. The molecule has 0 unspecified atom stereocenters. The lowest BCUT2D eigenvalue weighted by molar-refractivity contribution is -0.136. The Morgan fingerprint density at radius 3 is 2.38 bits per heavy atom. The monoisotopic (exact) mass is 436 g/mol. The van der Waals surface area contributed by atoms with Crippen molar-refractivity contribution in [3.63, 3.8) is 0 Å². The third-order valence-corrected chi connectivity index (χ3v) is 6.24. The van der Waals surface area contributed by atoms with Crippen LogP contribution >= 0.6 is 0 Å². The Morgan fingerprint density at radius 1 is 0.906 bits per heavy atom. The molecule has 3 aromatic rings. The number of para-hydroxylation sites is 1. The number of piperazine rings is 1. The van der Waals surface area contributed by atoms with E-state index in [-0.39, 0.29) is 17.6 Å². The molecule has 1 amide bonds. The second kappa shape index (κ2) is 8.89. The van der Waals surface area contributed by atoms with E-state index in [4.69, 9.17) is 0 Å². The smallest absolute Gasteiger partial charge is 0.225 e. The highest BCUT2D eigenvalue weighted by Gasteiger charge is 2.31. The molecule has 2 aliphatic rings. The second-order valence-electron chi connectivity index (χ2n) is 8.10. The minimum absolute atomic E-state index is 0.0166. The van der Waals surface area contributed by atoms with E-state index in [1.165, 1.54) is 18.7 Å². The first-order valence-electron chi connectivity index (χ1n) is 10.9. The lowest BCUT2D eigenvalue weighted by Gasteiger charge is -2.39. The fraction of sp³-hybridized carbons (Fsp3) is 0.409. The fourth-order valence-corrected chi connectivity index (χ4v) is 4.45. The third kappa shape index (κ3) is 4.12. The second-order valence-corrected chi connectivity index (χ2v) is 8.10. The molecule has 0 N–H and O–H groups in total. The van der Waals surface area contributed by atoms with Crippen LogP contribution in [-0.2, 0) is 4.79 Å². The summed E-state index contributed by atoms with van der Waals surface area (Å²) in [4.78, 5) is 31.8. The van der Waals surface area contributed by atoms with Crippen LogP contribution in [0.4, 0.5) is 15.9 Å². The van der Waals surface area contributed by atoms with Gasteiger partial charge in [-0.15, -0.1) is 0 Å². The minimum atomic E-state index is -0.212. The summed E-state index contributed by atoms with van der Waals surface area (Å²) in [5.41, 5.74) is 0.614. The Morgan fingerprint density at radius 2 is 1.66 bits per heavy atom. The van der Waals surface area contributed by atoms with E-state index < -0.39 is 0 Å². The zero-order valence-electron chi connectivity index (χ0n) is 17.7. The Hall–Kier alpha value is -3.56. The van der Waals surface area contributed by atoms with E-state index in [1.807, 2.05) is 21.9 Å². The number of benzene rings is 1. The molecule has 2 fully saturated rings. The maximum Gasteiger partial charge on any atom is 0.225 e. The number of amides is 1. The van der Waals surface area contributed by atoms with Crippen LogP contribution in [0.25, 0.3) is 5.82 Å². The Balaban J connectivity index is 1.15. The maximum absolute atomic E-state index is 14.1. The lowest BCUT2D eigenvalue weighted by Crippen LogP contribution is -2.52. The summed E-state index contributed by atoms with van der Waals surface area (Å²) < 4.78 is 15.7. The number of anilines is 2. The number of carbonyl (C=O) groups excluding carboxylic acids is 1. The van der Waals surface area contributed by atoms with E-state index in [2.05, 4.69) is 25.0 Å². The summed E-state index contributed by atoms with van der Waals surface area (Å²) in [6, 6.07) is 8.70. The summed E-state index contributed by atoms with van der Waals surface area (Å²) in [5.74, 6) is 1.51. The fourth-order valence-electron chi connectivity index (χ4n) is 4.45. The van der Waals surface area contributed by atoms with Crippen molar-refractivity contribution >= 4 is 17.4 Å². The lowest BCUT2D eigenvalue weighted by atomic mass is 9.95. The van der Waals surface area contributed by atoms with Crippen molar-refractivity contribution in [2.75, 3.05) is 49.1 Å². The van der Waals surface area contributed by atoms with Crippen molar-refractivity contribution < 1.29 is 9.18 Å². The van der Waals surface area contributed by atoms with E-state index in [9.17, 15) is 9.18 Å². The van der Waals surface area contributed by atoms with Crippen molar-refractivity contribution in [1.29, 1.82) is 0 Å². The number of carbonyl (C=O) groups is 1. The van der Waals surface area contributed by atoms with Crippen LogP contribution in [-0.4, -0.2) is 74.8 Å². The maximum atomic E-state index is 14.1. The number of hydrogen-bond donors (Lipinski definition) is 0. The molecule has 2 saturated heterocycles.